The van der Waals surface area contributed by atoms with Crippen LogP contribution in [0.4, 0.5) is 8.78 Å². The first-order chi connectivity index (χ1) is 11.6. The van der Waals surface area contributed by atoms with Crippen LogP contribution in [0.1, 0.15) is 49.6 Å². The second kappa shape index (κ2) is 9.26. The normalized spacial score (nSPS) is 9.38. The summed E-state index contributed by atoms with van der Waals surface area (Å²) in [6.07, 6.45) is 0. The lowest BCUT2D eigenvalue weighted by Gasteiger charge is -2.05. The van der Waals surface area contributed by atoms with Gasteiger partial charge in [0.05, 0.1) is 11.1 Å². The topological polar surface area (TPSA) is 112 Å². The van der Waals surface area contributed by atoms with Gasteiger partial charge in [-0.15, -0.1) is 0 Å². The molecule has 6 nitrogen and oxygen atoms in total. The lowest BCUT2D eigenvalue weighted by Crippen LogP contribution is -2.12. The van der Waals surface area contributed by atoms with E-state index in [0.29, 0.717) is 0 Å². The first-order valence-corrected chi connectivity index (χ1v) is 6.81. The van der Waals surface area contributed by atoms with Gasteiger partial charge in [-0.25, -0.2) is 23.2 Å². The molecule has 2 aromatic rings. The zero-order valence-electron chi connectivity index (χ0n) is 13.2. The molecule has 2 rings (SSSR count). The Morgan fingerprint density at radius 3 is 1.65 bits per heavy atom. The second-order valence-electron chi connectivity index (χ2n) is 5.01. The molecule has 0 heterocycles. The van der Waals surface area contributed by atoms with E-state index in [1.54, 1.807) is 6.92 Å². The Hall–Kier alpha value is -3.29. The Bertz CT molecular complexity index is 807. The molecule has 0 amide bonds. The van der Waals surface area contributed by atoms with Crippen molar-refractivity contribution in [2.24, 2.45) is 0 Å². The average molecular weight is 368 g/mol. The third-order valence-electron chi connectivity index (χ3n) is 3.14. The average Bonchev–Trinajstić information content (AvgIpc) is 2.51. The molecular weight excluding hydrogens is 350 g/mol. The minimum absolute atomic E-state index is 0. The molecular formula is C18H18F2O6. The molecule has 0 saturated heterocycles. The monoisotopic (exact) mass is 368 g/mol. The standard InChI is InChI=1S/C9H7FO4.C8H7FO2.CH4/c1-4-2-3-5(10)7(9(13)14)6(4)8(11)12;1-5-2-3-7(9)6(4-5)8(10)11;/h2-3H,1H3,(H,11,12)(H,13,14);2-4H,1H3,(H,10,11);1H4. The summed E-state index contributed by atoms with van der Waals surface area (Å²) in [7, 11) is 0. The molecule has 0 aliphatic rings. The Balaban J connectivity index is 0.000000475. The number of halogens is 2. The van der Waals surface area contributed by atoms with E-state index in [1.807, 2.05) is 0 Å². The number of aryl methyl sites for hydroxylation is 2. The van der Waals surface area contributed by atoms with E-state index in [-0.39, 0.29) is 18.6 Å². The summed E-state index contributed by atoms with van der Waals surface area (Å²) < 4.78 is 25.6. The Morgan fingerprint density at radius 2 is 1.27 bits per heavy atom. The molecule has 0 unspecified atom stereocenters. The molecule has 8 heteroatoms. The number of rotatable bonds is 3. The first kappa shape index (κ1) is 22.7. The van der Waals surface area contributed by atoms with Crippen molar-refractivity contribution in [3.63, 3.8) is 0 Å². The SMILES string of the molecule is C.Cc1ccc(F)c(C(=O)O)c1.Cc1ccc(F)c(C(=O)O)c1C(=O)O. The van der Waals surface area contributed by atoms with E-state index in [0.717, 1.165) is 17.7 Å². The van der Waals surface area contributed by atoms with Crippen LogP contribution >= 0.6 is 0 Å². The van der Waals surface area contributed by atoms with Gasteiger partial charge in [0, 0.05) is 0 Å². The zero-order chi connectivity index (χ0) is 19.3. The maximum atomic E-state index is 13.0. The highest BCUT2D eigenvalue weighted by Gasteiger charge is 2.22. The number of aromatic carboxylic acids is 3. The van der Waals surface area contributed by atoms with E-state index in [9.17, 15) is 23.2 Å². The minimum Gasteiger partial charge on any atom is -0.478 e. The molecule has 3 N–H and O–H groups in total. The highest BCUT2D eigenvalue weighted by Crippen LogP contribution is 2.18. The maximum absolute atomic E-state index is 13.0. The summed E-state index contributed by atoms with van der Waals surface area (Å²) in [6, 6.07) is 6.15. The number of hydrogen-bond acceptors (Lipinski definition) is 3. The van der Waals surface area contributed by atoms with Gasteiger partial charge in [-0.1, -0.05) is 25.1 Å². The van der Waals surface area contributed by atoms with Crippen LogP contribution in [0.5, 0.6) is 0 Å². The molecule has 0 atom stereocenters. The van der Waals surface area contributed by atoms with E-state index in [1.165, 1.54) is 25.1 Å². The van der Waals surface area contributed by atoms with Gasteiger partial charge in [0.1, 0.15) is 17.2 Å². The van der Waals surface area contributed by atoms with Gasteiger partial charge in [0.25, 0.3) is 0 Å². The quantitative estimate of drug-likeness (QED) is 0.755. The Kier molecular flexibility index (Phi) is 8.09. The lowest BCUT2D eigenvalue weighted by atomic mass is 10.0. The van der Waals surface area contributed by atoms with Crippen LogP contribution in [0.15, 0.2) is 30.3 Å². The molecule has 0 bridgehead atoms. The molecule has 0 saturated carbocycles. The number of carbonyl (C=O) groups is 3. The van der Waals surface area contributed by atoms with Crippen LogP contribution < -0.4 is 0 Å². The molecule has 0 fully saturated rings. The van der Waals surface area contributed by atoms with Crippen LogP contribution in [0.3, 0.4) is 0 Å². The van der Waals surface area contributed by atoms with Gasteiger partial charge in [-0.2, -0.15) is 0 Å². The second-order valence-corrected chi connectivity index (χ2v) is 5.01. The molecule has 140 valence electrons. The molecule has 0 spiro atoms. The van der Waals surface area contributed by atoms with E-state index in [2.05, 4.69) is 0 Å². The molecule has 0 radical (unpaired) electrons. The van der Waals surface area contributed by atoms with Crippen molar-refractivity contribution < 1.29 is 38.5 Å². The fourth-order valence-corrected chi connectivity index (χ4v) is 1.97. The van der Waals surface area contributed by atoms with Crippen molar-refractivity contribution in [3.05, 3.63) is 69.8 Å². The molecule has 0 aliphatic carbocycles. The van der Waals surface area contributed by atoms with Crippen LogP contribution in [-0.2, 0) is 0 Å². The first-order valence-electron chi connectivity index (χ1n) is 6.81. The van der Waals surface area contributed by atoms with Crippen LogP contribution in [0.25, 0.3) is 0 Å². The van der Waals surface area contributed by atoms with Crippen molar-refractivity contribution >= 4 is 17.9 Å². The number of carboxylic acid groups (broad SMARTS) is 3. The summed E-state index contributed by atoms with van der Waals surface area (Å²) in [5.41, 5.74) is -0.611. The van der Waals surface area contributed by atoms with Crippen LogP contribution in [0, 0.1) is 25.5 Å². The number of hydrogen-bond donors (Lipinski definition) is 3. The van der Waals surface area contributed by atoms with Crippen molar-refractivity contribution in [1.82, 2.24) is 0 Å². The van der Waals surface area contributed by atoms with Gasteiger partial charge < -0.3 is 15.3 Å². The summed E-state index contributed by atoms with van der Waals surface area (Å²) in [5, 5.41) is 25.8. The van der Waals surface area contributed by atoms with Gasteiger partial charge in [-0.3, -0.25) is 0 Å². The predicted octanol–water partition coefficient (Wildman–Crippen LogP) is 4.00. The largest absolute Gasteiger partial charge is 0.478 e. The van der Waals surface area contributed by atoms with Crippen molar-refractivity contribution in [2.45, 2.75) is 21.3 Å². The highest BCUT2D eigenvalue weighted by molar-refractivity contribution is 6.02. The Labute approximate surface area is 148 Å². The van der Waals surface area contributed by atoms with Crippen LogP contribution in [0.2, 0.25) is 0 Å². The van der Waals surface area contributed by atoms with Crippen LogP contribution in [-0.4, -0.2) is 33.2 Å². The molecule has 0 aliphatic heterocycles. The van der Waals surface area contributed by atoms with E-state index in [4.69, 9.17) is 15.3 Å². The third kappa shape index (κ3) is 5.37. The van der Waals surface area contributed by atoms with Gasteiger partial charge in [0.15, 0.2) is 0 Å². The molecule has 2 aromatic carbocycles. The zero-order valence-corrected chi connectivity index (χ0v) is 13.2. The Morgan fingerprint density at radius 1 is 0.769 bits per heavy atom. The smallest absolute Gasteiger partial charge is 0.339 e. The highest BCUT2D eigenvalue weighted by atomic mass is 19.1. The molecule has 0 aromatic heterocycles. The van der Waals surface area contributed by atoms with Crippen molar-refractivity contribution in [1.29, 1.82) is 0 Å². The van der Waals surface area contributed by atoms with E-state index < -0.39 is 40.7 Å². The summed E-state index contributed by atoms with van der Waals surface area (Å²) in [6.45, 7) is 3.13. The van der Waals surface area contributed by atoms with Gasteiger partial charge in [-0.05, 0) is 37.6 Å². The summed E-state index contributed by atoms with van der Waals surface area (Å²) in [4.78, 5) is 31.6. The van der Waals surface area contributed by atoms with Crippen molar-refractivity contribution in [3.8, 4) is 0 Å². The third-order valence-corrected chi connectivity index (χ3v) is 3.14. The van der Waals surface area contributed by atoms with Gasteiger partial charge >= 0.3 is 17.9 Å². The fourth-order valence-electron chi connectivity index (χ4n) is 1.97. The predicted molar refractivity (Wildman–Crippen MR) is 89.9 cm³/mol. The fraction of sp³-hybridized carbons (Fsp3) is 0.167. The maximum Gasteiger partial charge on any atom is 0.339 e. The lowest BCUT2D eigenvalue weighted by molar-refractivity contribution is 0.0646. The summed E-state index contributed by atoms with van der Waals surface area (Å²) in [5.74, 6) is -5.99. The number of carboxylic acids is 3. The number of benzene rings is 2. The van der Waals surface area contributed by atoms with Crippen molar-refractivity contribution in [2.75, 3.05) is 0 Å². The molecule has 26 heavy (non-hydrogen) atoms. The summed E-state index contributed by atoms with van der Waals surface area (Å²) >= 11 is 0. The van der Waals surface area contributed by atoms with E-state index >= 15 is 0 Å². The van der Waals surface area contributed by atoms with Gasteiger partial charge in [0.2, 0.25) is 0 Å². The minimum atomic E-state index is -1.58.